The van der Waals surface area contributed by atoms with E-state index in [4.69, 9.17) is 0 Å². The van der Waals surface area contributed by atoms with E-state index in [0.29, 0.717) is 36.5 Å². The first-order valence-electron chi connectivity index (χ1n) is 13.0. The van der Waals surface area contributed by atoms with Crippen LogP contribution in [0.3, 0.4) is 0 Å². The molecular formula is C30H46O3. The standard InChI is InChI=1S/C30H46O3/c1-7-10-24-18-26-22(13-14-23-17-25(31)19-27(32)21(23)3)12-9-16-30(26,6)28(24)20(2)11-8-15-29(4,5)33/h10,13-14,20,24-28,31-33H,1,3,8-9,11-12,15-19H2,2,4-6H3/b22-13+,23-14-/t20-,24?,25-,26?,27?,28+,30+/m1/s1. The van der Waals surface area contributed by atoms with Crippen molar-refractivity contribution in [2.45, 2.75) is 103 Å². The maximum absolute atomic E-state index is 10.2. The van der Waals surface area contributed by atoms with Gasteiger partial charge in [-0.2, -0.15) is 0 Å². The van der Waals surface area contributed by atoms with Crippen molar-refractivity contribution >= 4 is 0 Å². The van der Waals surface area contributed by atoms with Crippen molar-refractivity contribution in [2.75, 3.05) is 0 Å². The lowest BCUT2D eigenvalue weighted by Crippen LogP contribution is -2.37. The second-order valence-corrected chi connectivity index (χ2v) is 12.0. The van der Waals surface area contributed by atoms with Crippen LogP contribution in [-0.2, 0) is 0 Å². The summed E-state index contributed by atoms with van der Waals surface area (Å²) < 4.78 is 0. The van der Waals surface area contributed by atoms with E-state index in [1.54, 1.807) is 0 Å². The Balaban J connectivity index is 1.84. The molecule has 7 atom stereocenters. The third-order valence-electron chi connectivity index (χ3n) is 8.81. The van der Waals surface area contributed by atoms with Gasteiger partial charge in [0.2, 0.25) is 0 Å². The molecule has 3 saturated carbocycles. The number of allylic oxidation sites excluding steroid dienone is 4. The minimum absolute atomic E-state index is 0.247. The average Bonchev–Trinajstić information content (AvgIpc) is 3.01. The molecule has 0 saturated heterocycles. The number of rotatable bonds is 7. The molecule has 3 N–H and O–H groups in total. The van der Waals surface area contributed by atoms with Crippen LogP contribution in [0.1, 0.15) is 85.5 Å². The van der Waals surface area contributed by atoms with Crippen LogP contribution in [0.2, 0.25) is 0 Å². The minimum Gasteiger partial charge on any atom is -0.393 e. The smallest absolute Gasteiger partial charge is 0.0811 e. The van der Waals surface area contributed by atoms with Crippen molar-refractivity contribution in [2.24, 2.45) is 29.1 Å². The summed E-state index contributed by atoms with van der Waals surface area (Å²) in [5.74, 6) is 2.18. The van der Waals surface area contributed by atoms with Gasteiger partial charge >= 0.3 is 0 Å². The minimum atomic E-state index is -0.641. The Kier molecular flexibility index (Phi) is 8.33. The molecule has 3 heteroatoms. The Morgan fingerprint density at radius 1 is 1.24 bits per heavy atom. The van der Waals surface area contributed by atoms with Crippen LogP contribution >= 0.6 is 0 Å². The van der Waals surface area contributed by atoms with E-state index in [9.17, 15) is 15.3 Å². The van der Waals surface area contributed by atoms with Crippen LogP contribution in [-0.4, -0.2) is 33.1 Å². The van der Waals surface area contributed by atoms with Gasteiger partial charge in [0.25, 0.3) is 0 Å². The molecule has 0 heterocycles. The summed E-state index contributed by atoms with van der Waals surface area (Å²) in [5, 5.41) is 30.5. The molecule has 0 aromatic heterocycles. The zero-order valence-corrected chi connectivity index (χ0v) is 21.3. The first-order chi connectivity index (χ1) is 15.5. The van der Waals surface area contributed by atoms with Crippen molar-refractivity contribution in [1.82, 2.24) is 0 Å². The van der Waals surface area contributed by atoms with Gasteiger partial charge in [0, 0.05) is 6.42 Å². The van der Waals surface area contributed by atoms with Crippen molar-refractivity contribution in [3.8, 4) is 0 Å². The Bertz CT molecular complexity index is 822. The van der Waals surface area contributed by atoms with E-state index in [2.05, 4.69) is 51.0 Å². The lowest BCUT2D eigenvalue weighted by Gasteiger charge is -2.45. The van der Waals surface area contributed by atoms with Crippen LogP contribution in [0.5, 0.6) is 0 Å². The van der Waals surface area contributed by atoms with Gasteiger partial charge in [0.05, 0.1) is 17.8 Å². The van der Waals surface area contributed by atoms with Gasteiger partial charge in [0.1, 0.15) is 0 Å². The summed E-state index contributed by atoms with van der Waals surface area (Å²) in [6.45, 7) is 16.7. The Morgan fingerprint density at radius 2 is 1.97 bits per heavy atom. The molecule has 3 fully saturated rings. The van der Waals surface area contributed by atoms with E-state index in [-0.39, 0.29) is 5.41 Å². The topological polar surface area (TPSA) is 60.7 Å². The van der Waals surface area contributed by atoms with E-state index in [0.717, 1.165) is 43.3 Å². The Morgan fingerprint density at radius 3 is 2.64 bits per heavy atom. The van der Waals surface area contributed by atoms with Gasteiger partial charge < -0.3 is 15.3 Å². The molecule has 3 aliphatic rings. The first kappa shape index (κ1) is 26.2. The van der Waals surface area contributed by atoms with Crippen molar-refractivity contribution < 1.29 is 15.3 Å². The highest BCUT2D eigenvalue weighted by Crippen LogP contribution is 2.62. The number of aliphatic hydroxyl groups excluding tert-OH is 2. The summed E-state index contributed by atoms with van der Waals surface area (Å²) in [6, 6.07) is 0. The van der Waals surface area contributed by atoms with E-state index in [1.165, 1.54) is 18.4 Å². The quantitative estimate of drug-likeness (QED) is 0.397. The highest BCUT2D eigenvalue weighted by Gasteiger charge is 2.54. The summed E-state index contributed by atoms with van der Waals surface area (Å²) in [4.78, 5) is 0. The van der Waals surface area contributed by atoms with Gasteiger partial charge in [-0.15, -0.1) is 5.73 Å². The maximum Gasteiger partial charge on any atom is 0.0811 e. The maximum atomic E-state index is 10.2. The molecule has 3 aliphatic carbocycles. The summed E-state index contributed by atoms with van der Waals surface area (Å²) in [6.07, 6.45) is 14.2. The third-order valence-corrected chi connectivity index (χ3v) is 8.81. The van der Waals surface area contributed by atoms with E-state index < -0.39 is 17.8 Å². The van der Waals surface area contributed by atoms with Crippen LogP contribution in [0.4, 0.5) is 0 Å². The Hall–Kier alpha value is -1.38. The van der Waals surface area contributed by atoms with Crippen molar-refractivity contribution in [3.63, 3.8) is 0 Å². The molecule has 0 bridgehead atoms. The fourth-order valence-electron chi connectivity index (χ4n) is 7.27. The zero-order valence-electron chi connectivity index (χ0n) is 21.3. The summed E-state index contributed by atoms with van der Waals surface area (Å²) in [7, 11) is 0. The van der Waals surface area contributed by atoms with Crippen LogP contribution < -0.4 is 0 Å². The van der Waals surface area contributed by atoms with E-state index in [1.807, 2.05) is 13.8 Å². The predicted octanol–water partition coefficient (Wildman–Crippen LogP) is 6.27. The molecule has 184 valence electrons. The summed E-state index contributed by atoms with van der Waals surface area (Å²) >= 11 is 0. The highest BCUT2D eigenvalue weighted by atomic mass is 16.3. The van der Waals surface area contributed by atoms with E-state index >= 15 is 0 Å². The SMILES string of the molecule is C=C=CC1CC2/C(=C/C=C3/C[C@@H](O)CC(O)C3=C)CCC[C@]2(C)[C@H]1[C@H](C)CCCC(C)(C)O. The fraction of sp³-hybridized carbons (Fsp3) is 0.700. The second kappa shape index (κ2) is 10.5. The lowest BCUT2D eigenvalue weighted by atomic mass is 9.60. The number of fused-ring (bicyclic) bond motifs is 1. The molecule has 0 aromatic carbocycles. The molecule has 0 radical (unpaired) electrons. The highest BCUT2D eigenvalue weighted by molar-refractivity contribution is 5.39. The molecular weight excluding hydrogens is 408 g/mol. The van der Waals surface area contributed by atoms with Crippen LogP contribution in [0.25, 0.3) is 0 Å². The second-order valence-electron chi connectivity index (χ2n) is 12.0. The number of hydrogen-bond acceptors (Lipinski definition) is 3. The largest absolute Gasteiger partial charge is 0.393 e. The Labute approximate surface area is 201 Å². The molecule has 0 spiro atoms. The fourth-order valence-corrected chi connectivity index (χ4v) is 7.27. The van der Waals surface area contributed by atoms with Gasteiger partial charge in [-0.3, -0.25) is 0 Å². The van der Waals surface area contributed by atoms with Crippen molar-refractivity contribution in [3.05, 3.63) is 53.8 Å². The lowest BCUT2D eigenvalue weighted by molar-refractivity contribution is 0.0566. The monoisotopic (exact) mass is 454 g/mol. The van der Waals surface area contributed by atoms with Crippen LogP contribution in [0.15, 0.2) is 53.8 Å². The molecule has 3 rings (SSSR count). The normalized spacial score (nSPS) is 38.3. The third kappa shape index (κ3) is 6.01. The average molecular weight is 455 g/mol. The van der Waals surface area contributed by atoms with Gasteiger partial charge in [-0.05, 0) is 98.7 Å². The molecule has 3 unspecified atom stereocenters. The van der Waals surface area contributed by atoms with Crippen LogP contribution in [0, 0.1) is 29.1 Å². The van der Waals surface area contributed by atoms with Gasteiger partial charge in [-0.1, -0.05) is 57.6 Å². The van der Waals surface area contributed by atoms with Gasteiger partial charge in [0.15, 0.2) is 0 Å². The van der Waals surface area contributed by atoms with Crippen molar-refractivity contribution in [1.29, 1.82) is 0 Å². The summed E-state index contributed by atoms with van der Waals surface area (Å²) in [5.41, 5.74) is 6.00. The molecule has 33 heavy (non-hydrogen) atoms. The molecule has 0 aliphatic heterocycles. The number of hydrogen-bond donors (Lipinski definition) is 3. The predicted molar refractivity (Wildman–Crippen MR) is 137 cm³/mol. The van der Waals surface area contributed by atoms with Gasteiger partial charge in [-0.25, -0.2) is 0 Å². The molecule has 0 amide bonds. The zero-order chi connectivity index (χ0) is 24.4. The number of aliphatic hydroxyl groups is 3. The molecule has 3 nitrogen and oxygen atoms in total. The first-order valence-corrected chi connectivity index (χ1v) is 13.0. The molecule has 0 aromatic rings.